The summed E-state index contributed by atoms with van der Waals surface area (Å²) in [6.45, 7) is 2.03. The molecule has 0 aliphatic carbocycles. The molecule has 4 heteroatoms. The van der Waals surface area contributed by atoms with Crippen molar-refractivity contribution in [1.29, 1.82) is 0 Å². The molecule has 1 nitrogen and oxygen atoms in total. The number of nitrogens with two attached hydrogens (primary N) is 1. The van der Waals surface area contributed by atoms with Gasteiger partial charge in [0.25, 0.3) is 0 Å². The van der Waals surface area contributed by atoms with Gasteiger partial charge >= 0.3 is 0 Å². The number of hydrogen-bond donors (Lipinski definition) is 1. The smallest absolute Gasteiger partial charge is 0.0595 e. The first-order chi connectivity index (χ1) is 5.65. The summed E-state index contributed by atoms with van der Waals surface area (Å²) in [5.41, 5.74) is 6.85. The maximum Gasteiger partial charge on any atom is 0.0595 e. The van der Waals surface area contributed by atoms with Crippen molar-refractivity contribution in [2.24, 2.45) is 5.73 Å². The van der Waals surface area contributed by atoms with E-state index in [2.05, 4.69) is 0 Å². The molecular formula is C9H12Cl3N. The molecule has 1 rings (SSSR count). The summed E-state index contributed by atoms with van der Waals surface area (Å²) in [7, 11) is 0. The van der Waals surface area contributed by atoms with Crippen LogP contribution in [0.15, 0.2) is 18.2 Å². The first-order valence-corrected chi connectivity index (χ1v) is 4.61. The van der Waals surface area contributed by atoms with Gasteiger partial charge < -0.3 is 5.73 Å². The van der Waals surface area contributed by atoms with Crippen molar-refractivity contribution in [3.8, 4) is 0 Å². The second-order valence-corrected chi connectivity index (χ2v) is 3.50. The molecule has 74 valence electrons. The third-order valence-corrected chi connectivity index (χ3v) is 2.55. The molecule has 0 heterocycles. The van der Waals surface area contributed by atoms with Gasteiger partial charge in [-0.25, -0.2) is 0 Å². The summed E-state index contributed by atoms with van der Waals surface area (Å²) in [4.78, 5) is 0. The van der Waals surface area contributed by atoms with Crippen molar-refractivity contribution in [3.63, 3.8) is 0 Å². The minimum Gasteiger partial charge on any atom is -0.324 e. The second kappa shape index (κ2) is 5.71. The molecule has 13 heavy (non-hydrogen) atoms. The quantitative estimate of drug-likeness (QED) is 0.835. The molecule has 0 amide bonds. The highest BCUT2D eigenvalue weighted by Gasteiger charge is 2.04. The van der Waals surface area contributed by atoms with Crippen molar-refractivity contribution in [2.45, 2.75) is 19.4 Å². The molecule has 2 N–H and O–H groups in total. The Labute approximate surface area is 94.6 Å². The van der Waals surface area contributed by atoms with Crippen LogP contribution in [-0.4, -0.2) is 0 Å². The fourth-order valence-corrected chi connectivity index (χ4v) is 1.29. The lowest BCUT2D eigenvalue weighted by atomic mass is 10.1. The number of benzene rings is 1. The van der Waals surface area contributed by atoms with Gasteiger partial charge in [-0.15, -0.1) is 12.4 Å². The summed E-state index contributed by atoms with van der Waals surface area (Å²) < 4.78 is 0. The van der Waals surface area contributed by atoms with E-state index < -0.39 is 0 Å². The molecule has 0 bridgehead atoms. The highest BCUT2D eigenvalue weighted by atomic mass is 35.5. The molecule has 1 atom stereocenters. The fourth-order valence-electron chi connectivity index (χ4n) is 0.979. The highest BCUT2D eigenvalue weighted by molar-refractivity contribution is 6.42. The Balaban J connectivity index is 0.00000144. The minimum atomic E-state index is 0. The maximum absolute atomic E-state index is 5.83. The third kappa shape index (κ3) is 3.35. The molecular weight excluding hydrogens is 228 g/mol. The van der Waals surface area contributed by atoms with Crippen molar-refractivity contribution in [3.05, 3.63) is 33.8 Å². The van der Waals surface area contributed by atoms with E-state index in [9.17, 15) is 0 Å². The van der Waals surface area contributed by atoms with Crippen molar-refractivity contribution >= 4 is 35.6 Å². The second-order valence-electron chi connectivity index (χ2n) is 2.69. The Bertz CT molecular complexity index is 276. The van der Waals surface area contributed by atoms with E-state index in [1.165, 1.54) is 0 Å². The normalized spacial score (nSPS) is 12.0. The number of halogens is 3. The summed E-state index contributed by atoms with van der Waals surface area (Å²) in [6, 6.07) is 5.55. The first-order valence-electron chi connectivity index (χ1n) is 3.85. The Hall–Kier alpha value is 0.0500. The average molecular weight is 241 g/mol. The Morgan fingerprint density at radius 1 is 1.31 bits per heavy atom. The molecule has 0 aliphatic rings. The summed E-state index contributed by atoms with van der Waals surface area (Å²) in [6.07, 6.45) is 0.901. The van der Waals surface area contributed by atoms with E-state index in [0.29, 0.717) is 10.0 Å². The van der Waals surface area contributed by atoms with Crippen molar-refractivity contribution < 1.29 is 0 Å². The Kier molecular flexibility index (Phi) is 5.73. The van der Waals surface area contributed by atoms with Crippen LogP contribution in [0, 0.1) is 0 Å². The van der Waals surface area contributed by atoms with Gasteiger partial charge in [0.1, 0.15) is 0 Å². The maximum atomic E-state index is 5.83. The largest absolute Gasteiger partial charge is 0.324 e. The van der Waals surface area contributed by atoms with Crippen LogP contribution in [0.4, 0.5) is 0 Å². The molecule has 0 aliphatic heterocycles. The highest BCUT2D eigenvalue weighted by Crippen LogP contribution is 2.25. The molecule has 0 unspecified atom stereocenters. The number of hydrogen-bond acceptors (Lipinski definition) is 1. The van der Waals surface area contributed by atoms with Crippen LogP contribution < -0.4 is 5.73 Å². The Morgan fingerprint density at radius 2 is 1.92 bits per heavy atom. The lowest BCUT2D eigenvalue weighted by molar-refractivity contribution is 0.699. The molecule has 0 aromatic heterocycles. The number of rotatable bonds is 2. The van der Waals surface area contributed by atoms with Gasteiger partial charge in [0.05, 0.1) is 10.0 Å². The van der Waals surface area contributed by atoms with Gasteiger partial charge in [-0.2, -0.15) is 0 Å². The van der Waals surface area contributed by atoms with Crippen LogP contribution in [0.2, 0.25) is 10.0 Å². The van der Waals surface area contributed by atoms with E-state index >= 15 is 0 Å². The van der Waals surface area contributed by atoms with E-state index in [1.54, 1.807) is 6.07 Å². The molecule has 0 saturated carbocycles. The molecule has 0 saturated heterocycles. The van der Waals surface area contributed by atoms with Gasteiger partial charge in [-0.05, 0) is 24.1 Å². The zero-order valence-electron chi connectivity index (χ0n) is 7.26. The zero-order chi connectivity index (χ0) is 9.14. The third-order valence-electron chi connectivity index (χ3n) is 1.81. The van der Waals surface area contributed by atoms with Gasteiger partial charge in [0, 0.05) is 6.04 Å². The van der Waals surface area contributed by atoms with E-state index in [1.807, 2.05) is 19.1 Å². The summed E-state index contributed by atoms with van der Waals surface area (Å²) in [5, 5.41) is 1.14. The molecule has 1 aromatic carbocycles. The van der Waals surface area contributed by atoms with Crippen molar-refractivity contribution in [2.75, 3.05) is 0 Å². The van der Waals surface area contributed by atoms with Gasteiger partial charge in [-0.3, -0.25) is 0 Å². The van der Waals surface area contributed by atoms with Crippen molar-refractivity contribution in [1.82, 2.24) is 0 Å². The lowest BCUT2D eigenvalue weighted by Crippen LogP contribution is -2.08. The molecule has 0 spiro atoms. The topological polar surface area (TPSA) is 26.0 Å². The Morgan fingerprint density at radius 3 is 2.38 bits per heavy atom. The van der Waals surface area contributed by atoms with E-state index in [4.69, 9.17) is 28.9 Å². The summed E-state index contributed by atoms with van der Waals surface area (Å²) in [5.74, 6) is 0. The lowest BCUT2D eigenvalue weighted by Gasteiger charge is -2.09. The van der Waals surface area contributed by atoms with Gasteiger partial charge in [0.2, 0.25) is 0 Å². The van der Waals surface area contributed by atoms with Gasteiger partial charge in [-0.1, -0.05) is 36.2 Å². The van der Waals surface area contributed by atoms with Crippen LogP contribution >= 0.6 is 35.6 Å². The zero-order valence-corrected chi connectivity index (χ0v) is 9.59. The standard InChI is InChI=1S/C9H11Cl2N.ClH/c1-2-9(12)6-3-4-7(10)8(11)5-6;/h3-5,9H,2,12H2,1H3;1H/t9-;/m1./s1. The van der Waals surface area contributed by atoms with Crippen LogP contribution in [0.3, 0.4) is 0 Å². The fraction of sp³-hybridized carbons (Fsp3) is 0.333. The van der Waals surface area contributed by atoms with Crippen LogP contribution in [0.25, 0.3) is 0 Å². The summed E-state index contributed by atoms with van der Waals surface area (Å²) >= 11 is 11.6. The van der Waals surface area contributed by atoms with E-state index in [0.717, 1.165) is 12.0 Å². The van der Waals surface area contributed by atoms with Crippen LogP contribution in [-0.2, 0) is 0 Å². The average Bonchev–Trinajstić information content (AvgIpc) is 2.08. The predicted octanol–water partition coefficient (Wildman–Crippen LogP) is 3.83. The first kappa shape index (κ1) is 13.1. The van der Waals surface area contributed by atoms with Crippen LogP contribution in [0.1, 0.15) is 24.9 Å². The predicted molar refractivity (Wildman–Crippen MR) is 60.9 cm³/mol. The van der Waals surface area contributed by atoms with Gasteiger partial charge in [0.15, 0.2) is 0 Å². The van der Waals surface area contributed by atoms with Crippen LogP contribution in [0.5, 0.6) is 0 Å². The molecule has 1 aromatic rings. The molecule has 0 fully saturated rings. The monoisotopic (exact) mass is 239 g/mol. The minimum absolute atomic E-state index is 0. The SMILES string of the molecule is CC[C@@H](N)c1ccc(Cl)c(Cl)c1.Cl. The van der Waals surface area contributed by atoms with E-state index in [-0.39, 0.29) is 18.4 Å². The molecule has 0 radical (unpaired) electrons.